The van der Waals surface area contributed by atoms with Crippen LogP contribution < -0.4 is 10.6 Å². The van der Waals surface area contributed by atoms with Crippen LogP contribution in [0, 0.1) is 11.8 Å². The van der Waals surface area contributed by atoms with Crippen LogP contribution in [0.2, 0.25) is 0 Å². The lowest BCUT2D eigenvalue weighted by Gasteiger charge is -2.29. The first-order chi connectivity index (χ1) is 9.20. The first-order valence-electron chi connectivity index (χ1n) is 7.28. The monoisotopic (exact) mass is 260 g/mol. The van der Waals surface area contributed by atoms with Crippen LogP contribution in [0.25, 0.3) is 0 Å². The Labute approximate surface area is 115 Å². The Bertz CT molecular complexity index is 413. The van der Waals surface area contributed by atoms with Gasteiger partial charge in [0.05, 0.1) is 0 Å². The van der Waals surface area contributed by atoms with E-state index in [0.29, 0.717) is 11.8 Å². The van der Waals surface area contributed by atoms with E-state index in [-0.39, 0.29) is 5.91 Å². The smallest absolute Gasteiger partial charge is 0.251 e. The lowest BCUT2D eigenvalue weighted by atomic mass is 9.88. The molecule has 1 fully saturated rings. The molecule has 3 nitrogen and oxygen atoms in total. The molecule has 1 heterocycles. The molecule has 0 aromatic heterocycles. The van der Waals surface area contributed by atoms with Crippen LogP contribution in [0.4, 0.5) is 0 Å². The van der Waals surface area contributed by atoms with Crippen molar-refractivity contribution in [2.75, 3.05) is 19.6 Å². The number of hydrogen-bond donors (Lipinski definition) is 2. The molecule has 0 aliphatic carbocycles. The molecule has 1 aromatic carbocycles. The molecule has 0 saturated carbocycles. The zero-order chi connectivity index (χ0) is 13.7. The number of carbonyl (C=O) groups is 1. The minimum atomic E-state index is 0.0421. The summed E-state index contributed by atoms with van der Waals surface area (Å²) in [6.45, 7) is 7.27. The van der Waals surface area contributed by atoms with Crippen LogP contribution in [-0.2, 0) is 6.42 Å². The van der Waals surface area contributed by atoms with Gasteiger partial charge in [0.1, 0.15) is 0 Å². The number of nitrogens with one attached hydrogen (secondary N) is 2. The predicted molar refractivity (Wildman–Crippen MR) is 78.3 cm³/mol. The van der Waals surface area contributed by atoms with E-state index in [1.54, 1.807) is 0 Å². The quantitative estimate of drug-likeness (QED) is 0.871. The number of aryl methyl sites for hydroxylation is 1. The molecule has 2 unspecified atom stereocenters. The van der Waals surface area contributed by atoms with Gasteiger partial charge in [0.25, 0.3) is 5.91 Å². The fraction of sp³-hybridized carbons (Fsp3) is 0.562. The Morgan fingerprint density at radius 1 is 1.37 bits per heavy atom. The van der Waals surface area contributed by atoms with Gasteiger partial charge in [0.2, 0.25) is 0 Å². The van der Waals surface area contributed by atoms with Gasteiger partial charge in [-0.15, -0.1) is 0 Å². The SMILES string of the molecule is CCc1ccc(C(=O)NCC2CNCCC2C)cc1. The molecule has 1 aromatic rings. The molecule has 1 saturated heterocycles. The fourth-order valence-electron chi connectivity index (χ4n) is 2.55. The molecule has 1 aliphatic heterocycles. The third-order valence-electron chi connectivity index (χ3n) is 4.14. The Hall–Kier alpha value is -1.35. The third kappa shape index (κ3) is 3.80. The summed E-state index contributed by atoms with van der Waals surface area (Å²) in [5.74, 6) is 1.28. The van der Waals surface area contributed by atoms with Crippen molar-refractivity contribution in [1.82, 2.24) is 10.6 Å². The van der Waals surface area contributed by atoms with Gasteiger partial charge in [-0.2, -0.15) is 0 Å². The fourth-order valence-corrected chi connectivity index (χ4v) is 2.55. The molecule has 1 aliphatic rings. The summed E-state index contributed by atoms with van der Waals surface area (Å²) >= 11 is 0. The van der Waals surface area contributed by atoms with Crippen molar-refractivity contribution in [2.24, 2.45) is 11.8 Å². The van der Waals surface area contributed by atoms with Gasteiger partial charge in [-0.25, -0.2) is 0 Å². The van der Waals surface area contributed by atoms with Crippen LogP contribution >= 0.6 is 0 Å². The van der Waals surface area contributed by atoms with Crippen LogP contribution in [-0.4, -0.2) is 25.5 Å². The van der Waals surface area contributed by atoms with Crippen molar-refractivity contribution in [3.8, 4) is 0 Å². The van der Waals surface area contributed by atoms with Gasteiger partial charge < -0.3 is 10.6 Å². The molecule has 19 heavy (non-hydrogen) atoms. The van der Waals surface area contributed by atoms with Crippen LogP contribution in [0.15, 0.2) is 24.3 Å². The molecule has 104 valence electrons. The Morgan fingerprint density at radius 2 is 2.11 bits per heavy atom. The van der Waals surface area contributed by atoms with Gasteiger partial charge in [-0.05, 0) is 55.5 Å². The first-order valence-corrected chi connectivity index (χ1v) is 7.28. The summed E-state index contributed by atoms with van der Waals surface area (Å²) < 4.78 is 0. The van der Waals surface area contributed by atoms with Crippen molar-refractivity contribution in [2.45, 2.75) is 26.7 Å². The van der Waals surface area contributed by atoms with E-state index in [2.05, 4.69) is 24.5 Å². The molecule has 3 heteroatoms. The van der Waals surface area contributed by atoms with Gasteiger partial charge >= 0.3 is 0 Å². The average Bonchev–Trinajstić information content (AvgIpc) is 2.46. The molecule has 0 spiro atoms. The summed E-state index contributed by atoms with van der Waals surface area (Å²) in [4.78, 5) is 12.1. The van der Waals surface area contributed by atoms with E-state index >= 15 is 0 Å². The second-order valence-corrected chi connectivity index (χ2v) is 5.49. The van der Waals surface area contributed by atoms with Crippen LogP contribution in [0.1, 0.15) is 36.2 Å². The highest BCUT2D eigenvalue weighted by Gasteiger charge is 2.21. The summed E-state index contributed by atoms with van der Waals surface area (Å²) in [6.07, 6.45) is 2.21. The minimum Gasteiger partial charge on any atom is -0.352 e. The number of benzene rings is 1. The van der Waals surface area contributed by atoms with E-state index in [0.717, 1.165) is 31.6 Å². The zero-order valence-electron chi connectivity index (χ0n) is 11.9. The highest BCUT2D eigenvalue weighted by atomic mass is 16.1. The van der Waals surface area contributed by atoms with Gasteiger partial charge in [0, 0.05) is 12.1 Å². The normalized spacial score (nSPS) is 23.1. The molecule has 2 atom stereocenters. The average molecular weight is 260 g/mol. The van der Waals surface area contributed by atoms with E-state index in [4.69, 9.17) is 0 Å². The number of rotatable bonds is 4. The zero-order valence-corrected chi connectivity index (χ0v) is 11.9. The number of hydrogen-bond acceptors (Lipinski definition) is 2. The molecular weight excluding hydrogens is 236 g/mol. The molecule has 1 amide bonds. The number of piperidine rings is 1. The lowest BCUT2D eigenvalue weighted by Crippen LogP contribution is -2.42. The summed E-state index contributed by atoms with van der Waals surface area (Å²) in [5, 5.41) is 6.45. The van der Waals surface area contributed by atoms with Gasteiger partial charge in [-0.3, -0.25) is 4.79 Å². The van der Waals surface area contributed by atoms with Gasteiger partial charge in [-0.1, -0.05) is 26.0 Å². The topological polar surface area (TPSA) is 41.1 Å². The maximum absolute atomic E-state index is 12.1. The Morgan fingerprint density at radius 3 is 2.74 bits per heavy atom. The van der Waals surface area contributed by atoms with Crippen molar-refractivity contribution < 1.29 is 4.79 Å². The molecule has 2 N–H and O–H groups in total. The minimum absolute atomic E-state index is 0.0421. The lowest BCUT2D eigenvalue weighted by molar-refractivity contribution is 0.0939. The molecule has 0 bridgehead atoms. The number of carbonyl (C=O) groups excluding carboxylic acids is 1. The summed E-state index contributed by atoms with van der Waals surface area (Å²) in [5.41, 5.74) is 2.02. The highest BCUT2D eigenvalue weighted by molar-refractivity contribution is 5.94. The Kier molecular flexibility index (Phi) is 4.97. The maximum atomic E-state index is 12.1. The van der Waals surface area contributed by atoms with Crippen molar-refractivity contribution in [1.29, 1.82) is 0 Å². The summed E-state index contributed by atoms with van der Waals surface area (Å²) in [6, 6.07) is 7.88. The largest absolute Gasteiger partial charge is 0.352 e. The van der Waals surface area contributed by atoms with E-state index in [9.17, 15) is 4.79 Å². The van der Waals surface area contributed by atoms with E-state index in [1.165, 1.54) is 12.0 Å². The second kappa shape index (κ2) is 6.71. The summed E-state index contributed by atoms with van der Waals surface area (Å²) in [7, 11) is 0. The van der Waals surface area contributed by atoms with Gasteiger partial charge in [0.15, 0.2) is 0 Å². The Balaban J connectivity index is 1.86. The van der Waals surface area contributed by atoms with E-state index < -0.39 is 0 Å². The highest BCUT2D eigenvalue weighted by Crippen LogP contribution is 2.17. The van der Waals surface area contributed by atoms with E-state index in [1.807, 2.05) is 24.3 Å². The van der Waals surface area contributed by atoms with Crippen LogP contribution in [0.5, 0.6) is 0 Å². The van der Waals surface area contributed by atoms with Crippen LogP contribution in [0.3, 0.4) is 0 Å². The number of amides is 1. The predicted octanol–water partition coefficient (Wildman–Crippen LogP) is 2.22. The third-order valence-corrected chi connectivity index (χ3v) is 4.14. The van der Waals surface area contributed by atoms with Crippen molar-refractivity contribution in [3.63, 3.8) is 0 Å². The molecule has 0 radical (unpaired) electrons. The first kappa shape index (κ1) is 14.1. The molecular formula is C16H24N2O. The standard InChI is InChI=1S/C16H24N2O/c1-3-13-4-6-14(7-5-13)16(19)18-11-15-10-17-9-8-12(15)2/h4-7,12,15,17H,3,8-11H2,1-2H3,(H,18,19). The maximum Gasteiger partial charge on any atom is 0.251 e. The molecule has 2 rings (SSSR count). The second-order valence-electron chi connectivity index (χ2n) is 5.49. The van der Waals surface area contributed by atoms with Crippen molar-refractivity contribution >= 4 is 5.91 Å². The van der Waals surface area contributed by atoms with Crippen molar-refractivity contribution in [3.05, 3.63) is 35.4 Å².